The average molecular weight is 307 g/mol. The van der Waals surface area contributed by atoms with E-state index >= 15 is 0 Å². The third-order valence-electron chi connectivity index (χ3n) is 3.28. The molecule has 0 radical (unpaired) electrons. The van der Waals surface area contributed by atoms with Crippen molar-refractivity contribution in [3.05, 3.63) is 23.4 Å². The van der Waals surface area contributed by atoms with E-state index in [1.807, 2.05) is 29.3 Å². The number of rotatable bonds is 8. The van der Waals surface area contributed by atoms with Gasteiger partial charge in [0.05, 0.1) is 4.88 Å². The normalized spacial score (nSPS) is 10.8. The summed E-state index contributed by atoms with van der Waals surface area (Å²) in [6.07, 6.45) is 3.06. The van der Waals surface area contributed by atoms with Crippen molar-refractivity contribution in [2.45, 2.75) is 39.5 Å². The second kappa shape index (κ2) is 7.93. The standard InChI is InChI=1S/C15H21N3O2S/c1-3-5-10-18(4-2)14(19)9-8-13-16-15(17-20-13)12-7-6-11-21-12/h6-7,11H,3-5,8-10H2,1-2H3. The monoisotopic (exact) mass is 307 g/mol. The van der Waals surface area contributed by atoms with Crippen molar-refractivity contribution >= 4 is 17.2 Å². The molecular formula is C15H21N3O2S. The number of carbonyl (C=O) groups excluding carboxylic acids is 1. The highest BCUT2D eigenvalue weighted by Gasteiger charge is 2.14. The molecule has 0 aromatic carbocycles. The zero-order valence-electron chi connectivity index (χ0n) is 12.5. The van der Waals surface area contributed by atoms with Crippen LogP contribution in [0.3, 0.4) is 0 Å². The zero-order chi connectivity index (χ0) is 15.1. The van der Waals surface area contributed by atoms with Gasteiger partial charge in [-0.3, -0.25) is 4.79 Å². The van der Waals surface area contributed by atoms with Crippen LogP contribution in [0.5, 0.6) is 0 Å². The molecule has 1 amide bonds. The van der Waals surface area contributed by atoms with Gasteiger partial charge in [0.2, 0.25) is 17.6 Å². The number of thiophene rings is 1. The Morgan fingerprint density at radius 3 is 2.95 bits per heavy atom. The maximum Gasteiger partial charge on any atom is 0.227 e. The molecule has 0 N–H and O–H groups in total. The molecule has 0 fully saturated rings. The molecule has 2 heterocycles. The van der Waals surface area contributed by atoms with Crippen LogP contribution in [0.4, 0.5) is 0 Å². The molecule has 0 unspecified atom stereocenters. The minimum absolute atomic E-state index is 0.154. The van der Waals surface area contributed by atoms with Gasteiger partial charge >= 0.3 is 0 Å². The van der Waals surface area contributed by atoms with Crippen molar-refractivity contribution in [1.82, 2.24) is 15.0 Å². The number of hydrogen-bond acceptors (Lipinski definition) is 5. The van der Waals surface area contributed by atoms with Crippen LogP contribution in [0.1, 0.15) is 39.0 Å². The summed E-state index contributed by atoms with van der Waals surface area (Å²) < 4.78 is 5.21. The van der Waals surface area contributed by atoms with Gasteiger partial charge in [0.1, 0.15) is 0 Å². The van der Waals surface area contributed by atoms with Crippen LogP contribution in [0, 0.1) is 0 Å². The van der Waals surface area contributed by atoms with Gasteiger partial charge in [0.25, 0.3) is 0 Å². The molecule has 5 nitrogen and oxygen atoms in total. The van der Waals surface area contributed by atoms with Crippen LogP contribution in [0.2, 0.25) is 0 Å². The van der Waals surface area contributed by atoms with E-state index in [1.165, 1.54) is 0 Å². The Bertz CT molecular complexity index is 551. The Morgan fingerprint density at radius 1 is 1.43 bits per heavy atom. The minimum atomic E-state index is 0.154. The van der Waals surface area contributed by atoms with Crippen LogP contribution in [0.15, 0.2) is 22.0 Å². The zero-order valence-corrected chi connectivity index (χ0v) is 13.4. The summed E-state index contributed by atoms with van der Waals surface area (Å²) in [4.78, 5) is 19.3. The quantitative estimate of drug-likeness (QED) is 0.750. The fraction of sp³-hybridized carbons (Fsp3) is 0.533. The maximum atomic E-state index is 12.1. The summed E-state index contributed by atoms with van der Waals surface area (Å²) in [7, 11) is 0. The lowest BCUT2D eigenvalue weighted by atomic mass is 10.2. The molecule has 0 aliphatic carbocycles. The average Bonchev–Trinajstić information content (AvgIpc) is 3.16. The first-order valence-electron chi connectivity index (χ1n) is 7.38. The van der Waals surface area contributed by atoms with Gasteiger partial charge < -0.3 is 9.42 Å². The first-order valence-corrected chi connectivity index (χ1v) is 8.26. The first-order chi connectivity index (χ1) is 10.2. The minimum Gasteiger partial charge on any atom is -0.343 e. The van der Waals surface area contributed by atoms with Gasteiger partial charge in [-0.15, -0.1) is 11.3 Å². The van der Waals surface area contributed by atoms with Crippen LogP contribution in [-0.2, 0) is 11.2 Å². The van der Waals surface area contributed by atoms with Gasteiger partial charge in [-0.2, -0.15) is 4.98 Å². The van der Waals surface area contributed by atoms with Crippen LogP contribution in [-0.4, -0.2) is 34.0 Å². The molecule has 0 saturated heterocycles. The number of hydrogen-bond donors (Lipinski definition) is 0. The number of amides is 1. The van der Waals surface area contributed by atoms with Crippen molar-refractivity contribution in [3.63, 3.8) is 0 Å². The topological polar surface area (TPSA) is 59.2 Å². The molecule has 0 saturated carbocycles. The summed E-state index contributed by atoms with van der Waals surface area (Å²) in [6.45, 7) is 5.72. The molecule has 0 atom stereocenters. The molecule has 2 aromatic rings. The highest BCUT2D eigenvalue weighted by Crippen LogP contribution is 2.21. The van der Waals surface area contributed by atoms with E-state index in [-0.39, 0.29) is 5.91 Å². The molecule has 0 aliphatic rings. The SMILES string of the molecule is CCCCN(CC)C(=O)CCc1nc(-c2cccs2)no1. The van der Waals surface area contributed by atoms with Crippen molar-refractivity contribution < 1.29 is 9.32 Å². The lowest BCUT2D eigenvalue weighted by Crippen LogP contribution is -2.31. The smallest absolute Gasteiger partial charge is 0.227 e. The highest BCUT2D eigenvalue weighted by molar-refractivity contribution is 7.13. The predicted molar refractivity (Wildman–Crippen MR) is 83.1 cm³/mol. The van der Waals surface area contributed by atoms with Crippen LogP contribution < -0.4 is 0 Å². The van der Waals surface area contributed by atoms with Crippen molar-refractivity contribution in [1.29, 1.82) is 0 Å². The Hall–Kier alpha value is -1.69. The predicted octanol–water partition coefficient (Wildman–Crippen LogP) is 3.38. The van der Waals surface area contributed by atoms with Crippen molar-refractivity contribution in [3.8, 4) is 10.7 Å². The summed E-state index contributed by atoms with van der Waals surface area (Å²) in [6, 6.07) is 3.90. The van der Waals surface area contributed by atoms with Crippen LogP contribution >= 0.6 is 11.3 Å². The number of nitrogens with zero attached hydrogens (tertiary/aromatic N) is 3. The molecule has 2 rings (SSSR count). The second-order valence-electron chi connectivity index (χ2n) is 4.82. The summed E-state index contributed by atoms with van der Waals surface area (Å²) in [5.41, 5.74) is 0. The van der Waals surface area contributed by atoms with E-state index < -0.39 is 0 Å². The summed E-state index contributed by atoms with van der Waals surface area (Å²) >= 11 is 1.57. The fourth-order valence-corrected chi connectivity index (χ4v) is 2.69. The molecule has 2 aromatic heterocycles. The van der Waals surface area contributed by atoms with E-state index in [0.717, 1.165) is 30.8 Å². The molecular weight excluding hydrogens is 286 g/mol. The number of carbonyl (C=O) groups is 1. The summed E-state index contributed by atoms with van der Waals surface area (Å²) in [5, 5.41) is 5.92. The van der Waals surface area contributed by atoms with E-state index in [9.17, 15) is 4.79 Å². The third-order valence-corrected chi connectivity index (χ3v) is 4.14. The van der Waals surface area contributed by atoms with Gasteiger partial charge in [-0.05, 0) is 24.8 Å². The van der Waals surface area contributed by atoms with E-state index in [4.69, 9.17) is 4.52 Å². The molecule has 0 bridgehead atoms. The van der Waals surface area contributed by atoms with Crippen molar-refractivity contribution in [2.24, 2.45) is 0 Å². The van der Waals surface area contributed by atoms with E-state index in [2.05, 4.69) is 17.1 Å². The number of unbranched alkanes of at least 4 members (excludes halogenated alkanes) is 1. The molecule has 0 spiro atoms. The molecule has 114 valence electrons. The Morgan fingerprint density at radius 2 is 2.29 bits per heavy atom. The Kier molecular flexibility index (Phi) is 5.92. The third kappa shape index (κ3) is 4.39. The van der Waals surface area contributed by atoms with Gasteiger partial charge in [0, 0.05) is 25.9 Å². The van der Waals surface area contributed by atoms with Gasteiger partial charge in [-0.25, -0.2) is 0 Å². The summed E-state index contributed by atoms with van der Waals surface area (Å²) in [5.74, 6) is 1.28. The maximum absolute atomic E-state index is 12.1. The Balaban J connectivity index is 1.86. The van der Waals surface area contributed by atoms with Crippen LogP contribution in [0.25, 0.3) is 10.7 Å². The molecule has 21 heavy (non-hydrogen) atoms. The lowest BCUT2D eigenvalue weighted by Gasteiger charge is -2.20. The molecule has 0 aliphatic heterocycles. The molecule has 6 heteroatoms. The first kappa shape index (κ1) is 15.7. The Labute approximate surface area is 129 Å². The number of aryl methyl sites for hydroxylation is 1. The largest absolute Gasteiger partial charge is 0.343 e. The second-order valence-corrected chi connectivity index (χ2v) is 5.76. The van der Waals surface area contributed by atoms with Crippen molar-refractivity contribution in [2.75, 3.05) is 13.1 Å². The van der Waals surface area contributed by atoms with E-state index in [1.54, 1.807) is 11.3 Å². The lowest BCUT2D eigenvalue weighted by molar-refractivity contribution is -0.131. The van der Waals surface area contributed by atoms with E-state index in [0.29, 0.717) is 24.6 Å². The highest BCUT2D eigenvalue weighted by atomic mass is 32.1. The fourth-order valence-electron chi connectivity index (χ4n) is 2.04. The van der Waals surface area contributed by atoms with Gasteiger partial charge in [0.15, 0.2) is 0 Å². The van der Waals surface area contributed by atoms with Gasteiger partial charge in [-0.1, -0.05) is 24.6 Å². The number of aromatic nitrogens is 2.